The molecule has 3 aliphatic heterocycles. The molecule has 0 amide bonds. The van der Waals surface area contributed by atoms with Crippen LogP contribution >= 0.6 is 0 Å². The molecule has 4 aliphatic carbocycles. The van der Waals surface area contributed by atoms with Gasteiger partial charge in [0.15, 0.2) is 0 Å². The van der Waals surface area contributed by atoms with Crippen LogP contribution in [0, 0.1) is 0 Å². The Kier molecular flexibility index (Phi) is 6.06. The maximum Gasteiger partial charge on any atom is 0.138 e. The molecule has 7 atom stereocenters. The van der Waals surface area contributed by atoms with Crippen LogP contribution < -0.4 is 25.6 Å². The van der Waals surface area contributed by atoms with Gasteiger partial charge in [-0.05, 0) is 58.9 Å². The van der Waals surface area contributed by atoms with E-state index in [1.54, 1.807) is 5.57 Å². The monoisotopic (exact) mass is 616 g/mol. The number of hydrogen-bond donors (Lipinski definition) is 3. The zero-order valence-electron chi connectivity index (χ0n) is 26.9. The molecule has 3 aromatic rings. The highest BCUT2D eigenvalue weighted by Crippen LogP contribution is 2.55. The lowest BCUT2D eigenvalue weighted by atomic mass is 9.78. The smallest absolute Gasteiger partial charge is 0.138 e. The Hall–Kier alpha value is -4.42. The van der Waals surface area contributed by atoms with Crippen molar-refractivity contribution in [3.63, 3.8) is 0 Å². The van der Waals surface area contributed by atoms with E-state index in [1.807, 2.05) is 0 Å². The average Bonchev–Trinajstić information content (AvgIpc) is 3.73. The van der Waals surface area contributed by atoms with Crippen molar-refractivity contribution in [1.82, 2.24) is 16.0 Å². The minimum atomic E-state index is -0.138. The highest BCUT2D eigenvalue weighted by Gasteiger charge is 2.47. The van der Waals surface area contributed by atoms with Gasteiger partial charge in [0.2, 0.25) is 0 Å². The molecule has 7 unspecified atom stereocenters. The molecule has 3 heterocycles. The van der Waals surface area contributed by atoms with Gasteiger partial charge < -0.3 is 9.64 Å². The Morgan fingerprint density at radius 3 is 2.45 bits per heavy atom. The molecular weight excluding hydrogens is 576 g/mol. The third-order valence-electron chi connectivity index (χ3n) is 11.6. The fourth-order valence-corrected chi connectivity index (χ4v) is 9.30. The number of nitrogens with zero attached hydrogens (tertiary/aromatic N) is 1. The van der Waals surface area contributed by atoms with Gasteiger partial charge in [-0.1, -0.05) is 123 Å². The van der Waals surface area contributed by atoms with E-state index in [0.717, 1.165) is 24.2 Å². The lowest BCUT2D eigenvalue weighted by Gasteiger charge is -2.46. The molecule has 47 heavy (non-hydrogen) atoms. The molecule has 0 aromatic heterocycles. The Bertz CT molecular complexity index is 1980. The number of para-hydroxylation sites is 1. The molecule has 1 fully saturated rings. The number of rotatable bonds is 3. The summed E-state index contributed by atoms with van der Waals surface area (Å²) < 4.78 is 6.68. The highest BCUT2D eigenvalue weighted by atomic mass is 16.5. The fourth-order valence-electron chi connectivity index (χ4n) is 9.30. The number of nitrogens with one attached hydrogen (secondary N) is 3. The number of anilines is 1. The average molecular weight is 617 g/mol. The van der Waals surface area contributed by atoms with Crippen molar-refractivity contribution in [3.05, 3.63) is 160 Å². The zero-order valence-corrected chi connectivity index (χ0v) is 26.9. The number of benzene rings is 3. The van der Waals surface area contributed by atoms with Crippen molar-refractivity contribution >= 4 is 11.3 Å². The summed E-state index contributed by atoms with van der Waals surface area (Å²) >= 11 is 0. The van der Waals surface area contributed by atoms with Crippen molar-refractivity contribution in [2.45, 2.75) is 74.7 Å². The summed E-state index contributed by atoms with van der Waals surface area (Å²) in [6, 6.07) is 22.7. The summed E-state index contributed by atoms with van der Waals surface area (Å²) in [4.78, 5) is 2.61. The molecule has 5 nitrogen and oxygen atoms in total. The van der Waals surface area contributed by atoms with E-state index in [1.165, 1.54) is 39.1 Å². The van der Waals surface area contributed by atoms with Gasteiger partial charge in [-0.2, -0.15) is 0 Å². The van der Waals surface area contributed by atoms with Crippen molar-refractivity contribution in [2.75, 3.05) is 4.90 Å². The van der Waals surface area contributed by atoms with Crippen LogP contribution in [0.4, 0.5) is 5.69 Å². The van der Waals surface area contributed by atoms with Crippen LogP contribution in [0.5, 0.6) is 5.75 Å². The summed E-state index contributed by atoms with van der Waals surface area (Å²) in [7, 11) is 0. The minimum absolute atomic E-state index is 0.0151. The molecule has 1 saturated heterocycles. The van der Waals surface area contributed by atoms with E-state index in [4.69, 9.17) is 4.74 Å². The highest BCUT2D eigenvalue weighted by molar-refractivity contribution is 5.89. The Balaban J connectivity index is 1.09. The third kappa shape index (κ3) is 4.07. The summed E-state index contributed by atoms with van der Waals surface area (Å²) in [5.41, 5.74) is 12.3. The normalized spacial score (nSPS) is 31.6. The quantitative estimate of drug-likeness (QED) is 0.279. The largest absolute Gasteiger partial charge is 0.485 e. The van der Waals surface area contributed by atoms with Crippen molar-refractivity contribution in [1.29, 1.82) is 0 Å². The zero-order chi connectivity index (χ0) is 31.3. The molecule has 3 N–H and O–H groups in total. The maximum atomic E-state index is 6.68. The van der Waals surface area contributed by atoms with E-state index in [2.05, 4.69) is 156 Å². The van der Waals surface area contributed by atoms with Crippen LogP contribution in [0.2, 0.25) is 0 Å². The first kappa shape index (κ1) is 27.7. The lowest BCUT2D eigenvalue weighted by molar-refractivity contribution is 0.187. The topological polar surface area (TPSA) is 48.6 Å². The lowest BCUT2D eigenvalue weighted by Crippen LogP contribution is -2.66. The maximum absolute atomic E-state index is 6.68. The van der Waals surface area contributed by atoms with E-state index in [-0.39, 0.29) is 42.1 Å². The van der Waals surface area contributed by atoms with E-state index < -0.39 is 0 Å². The second kappa shape index (κ2) is 10.3. The van der Waals surface area contributed by atoms with E-state index >= 15 is 0 Å². The summed E-state index contributed by atoms with van der Waals surface area (Å²) in [5.74, 6) is 1.54. The molecule has 234 valence electrons. The molecule has 0 radical (unpaired) electrons. The van der Waals surface area contributed by atoms with Crippen LogP contribution in [0.15, 0.2) is 127 Å². The van der Waals surface area contributed by atoms with Crippen molar-refractivity contribution < 1.29 is 4.74 Å². The van der Waals surface area contributed by atoms with E-state index in [9.17, 15) is 0 Å². The molecule has 7 aliphatic rings. The Morgan fingerprint density at radius 1 is 0.766 bits per heavy atom. The van der Waals surface area contributed by atoms with Crippen LogP contribution in [-0.2, 0) is 5.41 Å². The second-order valence-corrected chi connectivity index (χ2v) is 14.4. The number of hydrogen-bond acceptors (Lipinski definition) is 5. The first-order valence-electron chi connectivity index (χ1n) is 17.3. The Labute approximate surface area is 277 Å². The molecule has 5 heteroatoms. The first-order valence-corrected chi connectivity index (χ1v) is 17.3. The summed E-state index contributed by atoms with van der Waals surface area (Å²) in [6.07, 6.45) is 24.6. The van der Waals surface area contributed by atoms with Crippen LogP contribution in [0.1, 0.15) is 84.2 Å². The predicted octanol–water partition coefficient (Wildman–Crippen LogP) is 7.91. The molecule has 3 aromatic carbocycles. The molecule has 10 rings (SSSR count). The SMILES string of the molecule is CC1(C)C2=C(C=CCC2)c2cc3c(cc21)N(C1NC(c2ccccc2)NC(c2cccc4c2OC2C=CC=CC42)N1)C1C=CC=CC31. The van der Waals surface area contributed by atoms with Crippen LogP contribution in [0.25, 0.3) is 5.57 Å². The van der Waals surface area contributed by atoms with Gasteiger partial charge in [0.25, 0.3) is 0 Å². The summed E-state index contributed by atoms with van der Waals surface area (Å²) in [5, 5.41) is 12.0. The van der Waals surface area contributed by atoms with Crippen molar-refractivity contribution in [3.8, 4) is 5.75 Å². The molecule has 0 saturated carbocycles. The van der Waals surface area contributed by atoms with Gasteiger partial charge in [0, 0.05) is 34.1 Å². The molecular formula is C42H40N4O. The van der Waals surface area contributed by atoms with Gasteiger partial charge in [-0.3, -0.25) is 16.0 Å². The Morgan fingerprint density at radius 2 is 1.55 bits per heavy atom. The molecule has 0 bridgehead atoms. The predicted molar refractivity (Wildman–Crippen MR) is 189 cm³/mol. The van der Waals surface area contributed by atoms with E-state index in [0.29, 0.717) is 5.92 Å². The second-order valence-electron chi connectivity index (χ2n) is 14.4. The fraction of sp³-hybridized carbons (Fsp3) is 0.286. The number of allylic oxidation sites excluding steroid dienone is 8. The van der Waals surface area contributed by atoms with Gasteiger partial charge in [-0.15, -0.1) is 0 Å². The van der Waals surface area contributed by atoms with Gasteiger partial charge in [0.05, 0.1) is 18.4 Å². The number of ether oxygens (including phenoxy) is 1. The molecule has 0 spiro atoms. The third-order valence-corrected chi connectivity index (χ3v) is 11.6. The van der Waals surface area contributed by atoms with Gasteiger partial charge in [-0.25, -0.2) is 0 Å². The van der Waals surface area contributed by atoms with Crippen LogP contribution in [0.3, 0.4) is 0 Å². The van der Waals surface area contributed by atoms with Crippen molar-refractivity contribution in [2.24, 2.45) is 0 Å². The number of fused-ring (bicyclic) bond motifs is 8. The van der Waals surface area contributed by atoms with Gasteiger partial charge >= 0.3 is 0 Å². The van der Waals surface area contributed by atoms with Crippen LogP contribution in [-0.4, -0.2) is 18.4 Å². The minimum Gasteiger partial charge on any atom is -0.485 e. The summed E-state index contributed by atoms with van der Waals surface area (Å²) in [6.45, 7) is 4.85. The standard InChI is InChI=1S/C42H40N4O/c1-42(2)33-20-9-6-15-26(33)31-23-32-27-16-7-10-21-35(27)46(36(32)24-34(31)42)41-44-39(25-13-4-3-5-14-25)43-40(45-41)30-19-12-18-29-28-17-8-11-22-37(28)47-38(29)30/h3-8,10-19,21-24,27-28,35,37,39-41,43-45H,9,20H2,1-2H3. The van der Waals surface area contributed by atoms with Gasteiger partial charge in [0.1, 0.15) is 18.1 Å². The first-order chi connectivity index (χ1) is 23.1.